The predicted octanol–water partition coefficient (Wildman–Crippen LogP) is 0.595. The van der Waals surface area contributed by atoms with Gasteiger partial charge in [-0.3, -0.25) is 4.57 Å². The first-order valence-electron chi connectivity index (χ1n) is 8.60. The molecule has 1 fully saturated rings. The first-order chi connectivity index (χ1) is 13.7. The third-order valence-electron chi connectivity index (χ3n) is 4.17. The van der Waals surface area contributed by atoms with Gasteiger partial charge in [0.1, 0.15) is 19.3 Å². The van der Waals surface area contributed by atoms with Crippen LogP contribution in [-0.2, 0) is 14.2 Å². The van der Waals surface area contributed by atoms with Crippen LogP contribution in [0.5, 0.6) is 0 Å². The van der Waals surface area contributed by atoms with Gasteiger partial charge in [-0.25, -0.2) is 19.3 Å². The quantitative estimate of drug-likeness (QED) is 0.589. The first kappa shape index (κ1) is 18.0. The van der Waals surface area contributed by atoms with Crippen molar-refractivity contribution in [2.24, 2.45) is 0 Å². The number of carbonyl (C=O) groups is 1. The molecule has 1 aliphatic rings. The summed E-state index contributed by atoms with van der Waals surface area (Å²) < 4.78 is 19.2. The third kappa shape index (κ3) is 3.97. The highest BCUT2D eigenvalue weighted by Gasteiger charge is 2.25. The second-order valence-electron chi connectivity index (χ2n) is 6.03. The lowest BCUT2D eigenvalue weighted by atomic mass is 10.2. The van der Waals surface area contributed by atoms with Crippen molar-refractivity contribution < 1.29 is 19.0 Å². The summed E-state index contributed by atoms with van der Waals surface area (Å²) >= 11 is 0. The van der Waals surface area contributed by atoms with Gasteiger partial charge in [-0.1, -0.05) is 18.2 Å². The van der Waals surface area contributed by atoms with Crippen LogP contribution in [0.4, 0.5) is 0 Å². The highest BCUT2D eigenvalue weighted by Crippen LogP contribution is 2.16. The topological polar surface area (TPSA) is 110 Å². The van der Waals surface area contributed by atoms with E-state index in [1.807, 2.05) is 6.07 Å². The van der Waals surface area contributed by atoms with E-state index in [-0.39, 0.29) is 25.9 Å². The van der Waals surface area contributed by atoms with Gasteiger partial charge in [-0.2, -0.15) is 10.1 Å². The Hall–Kier alpha value is -3.37. The van der Waals surface area contributed by atoms with E-state index in [4.69, 9.17) is 14.2 Å². The molecule has 0 unspecified atom stereocenters. The second-order valence-corrected chi connectivity index (χ2v) is 6.03. The normalized spacial score (nSPS) is 19.3. The van der Waals surface area contributed by atoms with E-state index < -0.39 is 17.9 Å². The number of benzene rings is 1. The molecule has 10 nitrogen and oxygen atoms in total. The van der Waals surface area contributed by atoms with Gasteiger partial charge in [0.25, 0.3) is 0 Å². The number of ether oxygens (including phenoxy) is 3. The Kier molecular flexibility index (Phi) is 5.22. The van der Waals surface area contributed by atoms with Crippen molar-refractivity contribution >= 4 is 5.97 Å². The Balaban J connectivity index is 1.32. The maximum Gasteiger partial charge on any atom is 0.349 e. The molecule has 1 aromatic carbocycles. The molecule has 3 aromatic rings. The van der Waals surface area contributed by atoms with Gasteiger partial charge in [0.2, 0.25) is 0 Å². The fraction of sp³-hybridized carbons (Fsp3) is 0.278. The molecular formula is C18H17N5O5. The van der Waals surface area contributed by atoms with Crippen molar-refractivity contribution in [3.63, 3.8) is 0 Å². The van der Waals surface area contributed by atoms with Gasteiger partial charge >= 0.3 is 11.7 Å². The van der Waals surface area contributed by atoms with E-state index in [0.717, 1.165) is 0 Å². The maximum absolute atomic E-state index is 12.3. The Bertz CT molecular complexity index is 981. The van der Waals surface area contributed by atoms with E-state index in [2.05, 4.69) is 15.1 Å². The molecule has 0 radical (unpaired) electrons. The number of hydrogen-bond donors (Lipinski definition) is 0. The molecule has 0 spiro atoms. The first-order valence-corrected chi connectivity index (χ1v) is 8.60. The van der Waals surface area contributed by atoms with Gasteiger partial charge in [0.05, 0.1) is 24.8 Å². The zero-order valence-electron chi connectivity index (χ0n) is 14.7. The van der Waals surface area contributed by atoms with Crippen LogP contribution in [0.1, 0.15) is 16.4 Å². The molecule has 144 valence electrons. The minimum atomic E-state index is -0.679. The Morgan fingerprint density at radius 3 is 2.64 bits per heavy atom. The zero-order valence-corrected chi connectivity index (χ0v) is 14.7. The SMILES string of the molecule is O=C(OCC1OCC(n2ccc(-n3cncn3)nc2=O)CO1)c1ccccc1. The smallest absolute Gasteiger partial charge is 0.349 e. The molecule has 1 aliphatic heterocycles. The van der Waals surface area contributed by atoms with Gasteiger partial charge in [0, 0.05) is 6.20 Å². The van der Waals surface area contributed by atoms with Gasteiger partial charge in [-0.15, -0.1) is 0 Å². The standard InChI is InChI=1S/C18H17N5O5/c24-17(13-4-2-1-3-5-13)28-10-16-26-8-14(9-27-16)22-7-6-15(21-18(22)25)23-12-19-11-20-23/h1-7,11-12,14,16H,8-10H2. The van der Waals surface area contributed by atoms with Crippen molar-refractivity contribution in [3.05, 3.63) is 71.3 Å². The van der Waals surface area contributed by atoms with Crippen LogP contribution in [0.25, 0.3) is 5.82 Å². The molecular weight excluding hydrogens is 366 g/mol. The van der Waals surface area contributed by atoms with E-state index in [0.29, 0.717) is 11.4 Å². The van der Waals surface area contributed by atoms with Crippen molar-refractivity contribution in [3.8, 4) is 5.82 Å². The van der Waals surface area contributed by atoms with Gasteiger partial charge in [0.15, 0.2) is 12.1 Å². The lowest BCUT2D eigenvalue weighted by molar-refractivity contribution is -0.211. The number of rotatable bonds is 5. The third-order valence-corrected chi connectivity index (χ3v) is 4.17. The number of nitrogens with zero attached hydrogens (tertiary/aromatic N) is 5. The van der Waals surface area contributed by atoms with Crippen molar-refractivity contribution in [1.82, 2.24) is 24.3 Å². The van der Waals surface area contributed by atoms with E-state index in [1.165, 1.54) is 21.9 Å². The van der Waals surface area contributed by atoms with E-state index in [9.17, 15) is 9.59 Å². The minimum absolute atomic E-state index is 0.0289. The minimum Gasteiger partial charge on any atom is -0.457 e. The zero-order chi connectivity index (χ0) is 19.3. The van der Waals surface area contributed by atoms with E-state index in [1.54, 1.807) is 36.5 Å². The highest BCUT2D eigenvalue weighted by atomic mass is 16.7. The summed E-state index contributed by atoms with van der Waals surface area (Å²) in [5.41, 5.74) is 0.0143. The van der Waals surface area contributed by atoms with Crippen molar-refractivity contribution in [2.45, 2.75) is 12.3 Å². The predicted molar refractivity (Wildman–Crippen MR) is 94.9 cm³/mol. The fourth-order valence-corrected chi connectivity index (χ4v) is 2.73. The Morgan fingerprint density at radius 1 is 1.18 bits per heavy atom. The lowest BCUT2D eigenvalue weighted by Gasteiger charge is -2.29. The summed E-state index contributed by atoms with van der Waals surface area (Å²) in [4.78, 5) is 32.1. The second kappa shape index (κ2) is 8.11. The summed E-state index contributed by atoms with van der Waals surface area (Å²) in [6.45, 7) is 0.439. The molecule has 10 heteroatoms. The monoisotopic (exact) mass is 383 g/mol. The molecule has 3 heterocycles. The summed E-state index contributed by atoms with van der Waals surface area (Å²) in [6, 6.07) is 10.0. The summed E-state index contributed by atoms with van der Waals surface area (Å²) in [5, 5.41) is 3.94. The van der Waals surface area contributed by atoms with Crippen LogP contribution < -0.4 is 5.69 Å². The molecule has 0 N–H and O–H groups in total. The molecule has 0 aliphatic carbocycles. The largest absolute Gasteiger partial charge is 0.457 e. The summed E-state index contributed by atoms with van der Waals surface area (Å²) in [5.74, 6) is -0.0684. The number of hydrogen-bond acceptors (Lipinski definition) is 8. The molecule has 2 aromatic heterocycles. The Labute approximate surface area is 159 Å². The maximum atomic E-state index is 12.3. The summed E-state index contributed by atoms with van der Waals surface area (Å²) in [6.07, 6.45) is 3.75. The molecule has 0 amide bonds. The lowest BCUT2D eigenvalue weighted by Crippen LogP contribution is -2.40. The molecule has 28 heavy (non-hydrogen) atoms. The number of aromatic nitrogens is 5. The van der Waals surface area contributed by atoms with Gasteiger partial charge < -0.3 is 14.2 Å². The van der Waals surface area contributed by atoms with Crippen molar-refractivity contribution in [1.29, 1.82) is 0 Å². The van der Waals surface area contributed by atoms with Gasteiger partial charge in [-0.05, 0) is 18.2 Å². The molecule has 0 atom stereocenters. The average Bonchev–Trinajstić information content (AvgIpc) is 3.28. The Morgan fingerprint density at radius 2 is 1.96 bits per heavy atom. The fourth-order valence-electron chi connectivity index (χ4n) is 2.73. The van der Waals surface area contributed by atoms with Crippen LogP contribution in [0, 0.1) is 0 Å². The summed E-state index contributed by atoms with van der Waals surface area (Å²) in [7, 11) is 0. The van der Waals surface area contributed by atoms with Crippen LogP contribution in [0.15, 0.2) is 60.0 Å². The molecule has 1 saturated heterocycles. The van der Waals surface area contributed by atoms with Crippen LogP contribution in [-0.4, -0.2) is 56.4 Å². The van der Waals surface area contributed by atoms with E-state index >= 15 is 0 Å². The molecule has 0 saturated carbocycles. The van der Waals surface area contributed by atoms with Crippen LogP contribution in [0.3, 0.4) is 0 Å². The average molecular weight is 383 g/mol. The number of esters is 1. The highest BCUT2D eigenvalue weighted by molar-refractivity contribution is 5.89. The van der Waals surface area contributed by atoms with Crippen molar-refractivity contribution in [2.75, 3.05) is 19.8 Å². The van der Waals surface area contributed by atoms with Crippen LogP contribution in [0.2, 0.25) is 0 Å². The van der Waals surface area contributed by atoms with Crippen LogP contribution >= 0.6 is 0 Å². The molecule has 4 rings (SSSR count). The molecule has 0 bridgehead atoms. The number of carbonyl (C=O) groups excluding carboxylic acids is 1.